The van der Waals surface area contributed by atoms with Crippen molar-refractivity contribution in [1.82, 2.24) is 19.7 Å². The summed E-state index contributed by atoms with van der Waals surface area (Å²) in [6, 6.07) is 0. The number of hydrogen-bond acceptors (Lipinski definition) is 3. The molecule has 0 aliphatic carbocycles. The first-order valence-corrected chi connectivity index (χ1v) is 5.41. The topological polar surface area (TPSA) is 34.0 Å². The molecule has 0 N–H and O–H groups in total. The summed E-state index contributed by atoms with van der Waals surface area (Å²) in [5.74, 6) is 1.26. The number of rotatable bonds is 3. The Kier molecular flexibility index (Phi) is 3.30. The second kappa shape index (κ2) is 4.70. The minimum atomic E-state index is -0.169. The number of nitrogens with zero attached hydrogens (tertiary/aromatic N) is 4. The van der Waals surface area contributed by atoms with Crippen molar-refractivity contribution >= 4 is 0 Å². The van der Waals surface area contributed by atoms with Crippen molar-refractivity contribution in [1.29, 1.82) is 0 Å². The molecule has 1 fully saturated rings. The van der Waals surface area contributed by atoms with Gasteiger partial charge in [0.15, 0.2) is 0 Å². The third-order valence-electron chi connectivity index (χ3n) is 3.10. The molecule has 1 aliphatic rings. The molecule has 1 aliphatic heterocycles. The molecule has 1 aromatic heterocycles. The monoisotopic (exact) mass is 212 g/mol. The van der Waals surface area contributed by atoms with Crippen molar-refractivity contribution in [3.05, 3.63) is 12.2 Å². The maximum Gasteiger partial charge on any atom is 0.140 e. The van der Waals surface area contributed by atoms with Gasteiger partial charge >= 0.3 is 0 Å². The molecule has 0 unspecified atom stereocenters. The van der Waals surface area contributed by atoms with E-state index in [-0.39, 0.29) is 12.6 Å². The van der Waals surface area contributed by atoms with E-state index in [2.05, 4.69) is 15.0 Å². The molecule has 0 atom stereocenters. The lowest BCUT2D eigenvalue weighted by Gasteiger charge is -2.30. The molecule has 84 valence electrons. The standard InChI is InChI=1S/C10H17FN4/c1-14-10(12-8-13-14)7-15-4-2-9(6-11)3-5-15/h8-9H,2-7H2,1H3. The largest absolute Gasteiger partial charge is 0.296 e. The van der Waals surface area contributed by atoms with Gasteiger partial charge in [0, 0.05) is 7.05 Å². The summed E-state index contributed by atoms with van der Waals surface area (Å²) >= 11 is 0. The number of hydrogen-bond donors (Lipinski definition) is 0. The highest BCUT2D eigenvalue weighted by Gasteiger charge is 2.19. The first kappa shape index (κ1) is 10.5. The van der Waals surface area contributed by atoms with Crippen LogP contribution in [0.4, 0.5) is 4.39 Å². The Bertz CT molecular complexity index is 304. The lowest BCUT2D eigenvalue weighted by molar-refractivity contribution is 0.155. The fourth-order valence-corrected chi connectivity index (χ4v) is 1.96. The Morgan fingerprint density at radius 1 is 1.47 bits per heavy atom. The summed E-state index contributed by atoms with van der Waals surface area (Å²) in [5.41, 5.74) is 0. The molecular weight excluding hydrogens is 195 g/mol. The van der Waals surface area contributed by atoms with Gasteiger partial charge in [0.05, 0.1) is 13.2 Å². The van der Waals surface area contributed by atoms with E-state index >= 15 is 0 Å². The van der Waals surface area contributed by atoms with Gasteiger partial charge in [0.2, 0.25) is 0 Å². The number of aryl methyl sites for hydroxylation is 1. The third kappa shape index (κ3) is 2.53. The zero-order chi connectivity index (χ0) is 10.7. The predicted octanol–water partition coefficient (Wildman–Crippen LogP) is 0.997. The lowest BCUT2D eigenvalue weighted by atomic mass is 9.98. The van der Waals surface area contributed by atoms with Gasteiger partial charge in [0.25, 0.3) is 0 Å². The van der Waals surface area contributed by atoms with Crippen LogP contribution in [0, 0.1) is 5.92 Å². The summed E-state index contributed by atoms with van der Waals surface area (Å²) in [4.78, 5) is 6.50. The normalized spacial score (nSPS) is 19.6. The predicted molar refractivity (Wildman–Crippen MR) is 55.0 cm³/mol. The zero-order valence-corrected chi connectivity index (χ0v) is 9.06. The first-order chi connectivity index (χ1) is 7.29. The van der Waals surface area contributed by atoms with Crippen molar-refractivity contribution < 1.29 is 4.39 Å². The van der Waals surface area contributed by atoms with Crippen molar-refractivity contribution in [2.75, 3.05) is 19.8 Å². The molecular formula is C10H17FN4. The van der Waals surface area contributed by atoms with Gasteiger partial charge in [-0.2, -0.15) is 5.10 Å². The SMILES string of the molecule is Cn1ncnc1CN1CCC(CF)CC1. The van der Waals surface area contributed by atoms with E-state index in [1.165, 1.54) is 0 Å². The van der Waals surface area contributed by atoms with E-state index in [4.69, 9.17) is 0 Å². The van der Waals surface area contributed by atoms with Gasteiger partial charge in [-0.3, -0.25) is 14.0 Å². The third-order valence-corrected chi connectivity index (χ3v) is 3.10. The van der Waals surface area contributed by atoms with Crippen LogP contribution in [0.3, 0.4) is 0 Å². The van der Waals surface area contributed by atoms with Crippen LogP contribution in [-0.2, 0) is 13.6 Å². The van der Waals surface area contributed by atoms with Crippen LogP contribution in [0.25, 0.3) is 0 Å². The molecule has 2 rings (SSSR count). The van der Waals surface area contributed by atoms with Crippen molar-refractivity contribution in [2.45, 2.75) is 19.4 Å². The highest BCUT2D eigenvalue weighted by molar-refractivity contribution is 4.85. The van der Waals surface area contributed by atoms with Gasteiger partial charge in [0.1, 0.15) is 12.2 Å². The maximum atomic E-state index is 12.4. The van der Waals surface area contributed by atoms with E-state index < -0.39 is 0 Å². The Morgan fingerprint density at radius 3 is 2.73 bits per heavy atom. The van der Waals surface area contributed by atoms with Gasteiger partial charge in [-0.25, -0.2) is 4.98 Å². The minimum absolute atomic E-state index is 0.169. The summed E-state index contributed by atoms with van der Waals surface area (Å²) < 4.78 is 14.2. The van der Waals surface area contributed by atoms with Crippen LogP contribution in [0.5, 0.6) is 0 Å². The summed E-state index contributed by atoms with van der Waals surface area (Å²) in [6.07, 6.45) is 3.51. The molecule has 0 bridgehead atoms. The smallest absolute Gasteiger partial charge is 0.140 e. The number of piperidine rings is 1. The first-order valence-electron chi connectivity index (χ1n) is 5.41. The molecule has 0 radical (unpaired) electrons. The van der Waals surface area contributed by atoms with Crippen molar-refractivity contribution in [3.8, 4) is 0 Å². The zero-order valence-electron chi connectivity index (χ0n) is 9.06. The second-order valence-corrected chi connectivity index (χ2v) is 4.17. The van der Waals surface area contributed by atoms with Crippen LogP contribution >= 0.6 is 0 Å². The van der Waals surface area contributed by atoms with Crippen LogP contribution in [-0.4, -0.2) is 39.4 Å². The molecule has 0 amide bonds. The van der Waals surface area contributed by atoms with Crippen LogP contribution in [0.2, 0.25) is 0 Å². The minimum Gasteiger partial charge on any atom is -0.296 e. The number of likely N-dealkylation sites (tertiary alicyclic amines) is 1. The fourth-order valence-electron chi connectivity index (χ4n) is 1.96. The van der Waals surface area contributed by atoms with Crippen molar-refractivity contribution in [2.24, 2.45) is 13.0 Å². The Labute approximate surface area is 89.1 Å². The number of alkyl halides is 1. The Balaban J connectivity index is 1.85. The summed E-state index contributed by atoms with van der Waals surface area (Å²) in [5, 5.41) is 4.03. The van der Waals surface area contributed by atoms with E-state index in [9.17, 15) is 4.39 Å². The van der Waals surface area contributed by atoms with E-state index in [0.717, 1.165) is 38.3 Å². The number of aromatic nitrogens is 3. The van der Waals surface area contributed by atoms with Gasteiger partial charge < -0.3 is 0 Å². The van der Waals surface area contributed by atoms with Gasteiger partial charge in [-0.1, -0.05) is 0 Å². The maximum absolute atomic E-state index is 12.4. The van der Waals surface area contributed by atoms with Crippen LogP contribution in [0.1, 0.15) is 18.7 Å². The van der Waals surface area contributed by atoms with Gasteiger partial charge in [-0.15, -0.1) is 0 Å². The highest BCUT2D eigenvalue weighted by atomic mass is 19.1. The quantitative estimate of drug-likeness (QED) is 0.749. The molecule has 0 aromatic carbocycles. The van der Waals surface area contributed by atoms with E-state index in [0.29, 0.717) is 0 Å². The van der Waals surface area contributed by atoms with E-state index in [1.807, 2.05) is 7.05 Å². The molecule has 15 heavy (non-hydrogen) atoms. The molecule has 5 heteroatoms. The Hall–Kier alpha value is -0.970. The molecule has 0 spiro atoms. The number of halogens is 1. The van der Waals surface area contributed by atoms with E-state index in [1.54, 1.807) is 11.0 Å². The summed E-state index contributed by atoms with van der Waals surface area (Å²) in [7, 11) is 1.90. The Morgan fingerprint density at radius 2 is 2.20 bits per heavy atom. The molecule has 2 heterocycles. The lowest BCUT2D eigenvalue weighted by Crippen LogP contribution is -2.34. The molecule has 1 saturated heterocycles. The van der Waals surface area contributed by atoms with Gasteiger partial charge in [-0.05, 0) is 31.8 Å². The average molecular weight is 212 g/mol. The fraction of sp³-hybridized carbons (Fsp3) is 0.800. The van der Waals surface area contributed by atoms with Crippen molar-refractivity contribution in [3.63, 3.8) is 0 Å². The molecule has 0 saturated carbocycles. The highest BCUT2D eigenvalue weighted by Crippen LogP contribution is 2.18. The molecule has 1 aromatic rings. The van der Waals surface area contributed by atoms with Crippen LogP contribution in [0.15, 0.2) is 6.33 Å². The molecule has 4 nitrogen and oxygen atoms in total. The van der Waals surface area contributed by atoms with Crippen LogP contribution < -0.4 is 0 Å². The summed E-state index contributed by atoms with van der Waals surface area (Å²) in [6.45, 7) is 2.61. The average Bonchev–Trinajstić information content (AvgIpc) is 2.66. The second-order valence-electron chi connectivity index (χ2n) is 4.17.